The number of rotatable bonds is 2. The quantitative estimate of drug-likeness (QED) is 0.354. The van der Waals surface area contributed by atoms with E-state index in [-0.39, 0.29) is 12.2 Å². The molecule has 0 atom stereocenters. The lowest BCUT2D eigenvalue weighted by molar-refractivity contribution is 0.0691. The fourth-order valence-corrected chi connectivity index (χ4v) is 0.886. The van der Waals surface area contributed by atoms with Crippen LogP contribution in [0.4, 0.5) is 4.39 Å². The molecule has 0 saturated carbocycles. The Labute approximate surface area is 89.4 Å². The summed E-state index contributed by atoms with van der Waals surface area (Å²) >= 11 is 0. The summed E-state index contributed by atoms with van der Waals surface area (Å²) in [6, 6.07) is 1.04. The van der Waals surface area contributed by atoms with Gasteiger partial charge in [0, 0.05) is 11.1 Å². The van der Waals surface area contributed by atoms with Crippen LogP contribution in [0.15, 0.2) is 17.4 Å². The summed E-state index contributed by atoms with van der Waals surface area (Å²) in [5.41, 5.74) is 7.18. The maximum atomic E-state index is 13.4. The molecule has 16 heavy (non-hydrogen) atoms. The number of azide groups is 1. The third-order valence-electron chi connectivity index (χ3n) is 1.54. The van der Waals surface area contributed by atoms with Crippen LogP contribution in [0.1, 0.15) is 16.1 Å². The van der Waals surface area contributed by atoms with Crippen LogP contribution in [0.2, 0.25) is 0 Å². The molecule has 1 rings (SSSR count). The highest BCUT2D eigenvalue weighted by Crippen LogP contribution is 2.08. The molecule has 0 saturated heterocycles. The molecule has 0 aliphatic heterocycles. The van der Waals surface area contributed by atoms with Crippen LogP contribution in [0.25, 0.3) is 10.4 Å². The topological polar surface area (TPSA) is 99.0 Å². The average Bonchev–Trinajstić information content (AvgIpc) is 2.26. The van der Waals surface area contributed by atoms with Gasteiger partial charge in [-0.3, -0.25) is 0 Å². The van der Waals surface area contributed by atoms with E-state index in [1.807, 2.05) is 0 Å². The predicted molar refractivity (Wildman–Crippen MR) is 52.0 cm³/mol. The number of aromatic carboxylic acids is 1. The molecule has 0 bridgehead atoms. The predicted octanol–water partition coefficient (Wildman–Crippen LogP) is 1.58. The van der Waals surface area contributed by atoms with Crippen molar-refractivity contribution in [1.29, 1.82) is 0 Å². The van der Waals surface area contributed by atoms with Crippen LogP contribution < -0.4 is 0 Å². The molecule has 1 aromatic heterocycles. The van der Waals surface area contributed by atoms with E-state index in [0.29, 0.717) is 0 Å². The number of carboxylic acids is 1. The number of nitrogens with zero attached hydrogens (tertiary/aromatic N) is 4. The van der Waals surface area contributed by atoms with Crippen molar-refractivity contribution < 1.29 is 14.3 Å². The molecule has 0 amide bonds. The van der Waals surface area contributed by atoms with Crippen molar-refractivity contribution in [3.05, 3.63) is 39.8 Å². The number of carbonyl (C=O) groups is 1. The zero-order valence-electron chi connectivity index (χ0n) is 7.88. The van der Waals surface area contributed by atoms with Crippen molar-refractivity contribution in [2.45, 2.75) is 0 Å². The fraction of sp³-hybridized carbons (Fsp3) is 0.111. The van der Waals surface area contributed by atoms with Crippen LogP contribution in [0.3, 0.4) is 0 Å². The molecule has 1 heterocycles. The number of hydrogen-bond donors (Lipinski definition) is 1. The third kappa shape index (κ3) is 2.70. The number of carboxylic acid groups (broad SMARTS) is 1. The van der Waals surface area contributed by atoms with Crippen molar-refractivity contribution in [3.8, 4) is 11.8 Å². The van der Waals surface area contributed by atoms with E-state index in [1.54, 1.807) is 0 Å². The Kier molecular flexibility index (Phi) is 3.83. The number of pyridine rings is 1. The first kappa shape index (κ1) is 11.5. The zero-order chi connectivity index (χ0) is 12.0. The van der Waals surface area contributed by atoms with Crippen molar-refractivity contribution in [2.24, 2.45) is 5.11 Å². The maximum absolute atomic E-state index is 13.4. The monoisotopic (exact) mass is 220 g/mol. The third-order valence-corrected chi connectivity index (χ3v) is 1.54. The van der Waals surface area contributed by atoms with Gasteiger partial charge in [-0.2, -0.15) is 0 Å². The van der Waals surface area contributed by atoms with E-state index in [4.69, 9.17) is 10.6 Å². The van der Waals surface area contributed by atoms with Crippen LogP contribution in [-0.4, -0.2) is 22.6 Å². The minimum absolute atomic E-state index is 0.130. The highest BCUT2D eigenvalue weighted by atomic mass is 19.1. The van der Waals surface area contributed by atoms with E-state index in [1.165, 1.54) is 0 Å². The molecular weight excluding hydrogens is 215 g/mol. The fourth-order valence-electron chi connectivity index (χ4n) is 0.886. The van der Waals surface area contributed by atoms with Gasteiger partial charge in [0.1, 0.15) is 5.69 Å². The smallest absolute Gasteiger partial charge is 0.338 e. The molecule has 80 valence electrons. The van der Waals surface area contributed by atoms with Crippen LogP contribution in [-0.2, 0) is 0 Å². The van der Waals surface area contributed by atoms with E-state index in [9.17, 15) is 9.18 Å². The number of halogens is 1. The van der Waals surface area contributed by atoms with Gasteiger partial charge in [-0.05, 0) is 17.5 Å². The number of hydrogen-bond acceptors (Lipinski definition) is 3. The lowest BCUT2D eigenvalue weighted by atomic mass is 10.2. The van der Waals surface area contributed by atoms with Gasteiger partial charge in [0.05, 0.1) is 12.1 Å². The summed E-state index contributed by atoms with van der Waals surface area (Å²) in [6.45, 7) is -0.130. The summed E-state index contributed by atoms with van der Waals surface area (Å²) in [5.74, 6) is 2.23. The van der Waals surface area contributed by atoms with Gasteiger partial charge in [0.15, 0.2) is 5.82 Å². The summed E-state index contributed by atoms with van der Waals surface area (Å²) in [7, 11) is 0. The highest BCUT2D eigenvalue weighted by Gasteiger charge is 2.13. The largest absolute Gasteiger partial charge is 0.478 e. The first-order chi connectivity index (χ1) is 7.66. The van der Waals surface area contributed by atoms with Gasteiger partial charge in [-0.1, -0.05) is 11.0 Å². The number of aromatic nitrogens is 1. The molecule has 0 aliphatic carbocycles. The first-order valence-corrected chi connectivity index (χ1v) is 4.04. The summed E-state index contributed by atoms with van der Waals surface area (Å²) in [6.07, 6.45) is 1.14. The van der Waals surface area contributed by atoms with Crippen molar-refractivity contribution in [2.75, 3.05) is 6.54 Å². The molecule has 0 radical (unpaired) electrons. The molecule has 6 nitrogen and oxygen atoms in total. The summed E-state index contributed by atoms with van der Waals surface area (Å²) in [5, 5.41) is 11.7. The minimum atomic E-state index is -1.39. The average molecular weight is 220 g/mol. The Morgan fingerprint density at radius 3 is 3.12 bits per heavy atom. The van der Waals surface area contributed by atoms with E-state index >= 15 is 0 Å². The highest BCUT2D eigenvalue weighted by molar-refractivity contribution is 5.88. The molecule has 1 N–H and O–H groups in total. The summed E-state index contributed by atoms with van der Waals surface area (Å²) in [4.78, 5) is 16.6. The van der Waals surface area contributed by atoms with E-state index < -0.39 is 17.3 Å². The molecular formula is C9H5FN4O2. The SMILES string of the molecule is [N-]=[N+]=NCC#Cc1nccc(C(=O)O)c1F. The van der Waals surface area contributed by atoms with Crippen LogP contribution >= 0.6 is 0 Å². The normalized spacial score (nSPS) is 8.56. The van der Waals surface area contributed by atoms with Gasteiger partial charge >= 0.3 is 5.97 Å². The summed E-state index contributed by atoms with van der Waals surface area (Å²) < 4.78 is 13.4. The van der Waals surface area contributed by atoms with Gasteiger partial charge in [-0.25, -0.2) is 14.2 Å². The van der Waals surface area contributed by atoms with Gasteiger partial charge in [0.25, 0.3) is 0 Å². The molecule has 1 aromatic rings. The first-order valence-electron chi connectivity index (χ1n) is 4.04. The molecule has 0 unspecified atom stereocenters. The Morgan fingerprint density at radius 2 is 2.50 bits per heavy atom. The second kappa shape index (κ2) is 5.34. The van der Waals surface area contributed by atoms with Gasteiger partial charge in [0.2, 0.25) is 0 Å². The Bertz CT molecular complexity index is 526. The maximum Gasteiger partial charge on any atom is 0.338 e. The van der Waals surface area contributed by atoms with Crippen molar-refractivity contribution in [3.63, 3.8) is 0 Å². The second-order valence-electron chi connectivity index (χ2n) is 2.52. The Morgan fingerprint density at radius 1 is 1.75 bits per heavy atom. The second-order valence-corrected chi connectivity index (χ2v) is 2.52. The van der Waals surface area contributed by atoms with Crippen LogP contribution in [0, 0.1) is 17.7 Å². The van der Waals surface area contributed by atoms with Crippen molar-refractivity contribution in [1.82, 2.24) is 4.98 Å². The van der Waals surface area contributed by atoms with Gasteiger partial charge in [-0.15, -0.1) is 0 Å². The lowest BCUT2D eigenvalue weighted by Gasteiger charge is -1.97. The molecule has 0 aromatic carbocycles. The standard InChI is InChI=1S/C9H5FN4O2/c10-8-6(9(15)16)3-5-12-7(8)2-1-4-13-14-11/h3,5H,4H2,(H,15,16). The lowest BCUT2D eigenvalue weighted by Crippen LogP contribution is -2.03. The molecule has 0 fully saturated rings. The van der Waals surface area contributed by atoms with Crippen LogP contribution in [0.5, 0.6) is 0 Å². The molecule has 0 aliphatic rings. The van der Waals surface area contributed by atoms with Crippen molar-refractivity contribution >= 4 is 5.97 Å². The Balaban J connectivity index is 3.04. The van der Waals surface area contributed by atoms with E-state index in [0.717, 1.165) is 12.3 Å². The molecule has 0 spiro atoms. The molecule has 7 heteroatoms. The zero-order valence-corrected chi connectivity index (χ0v) is 7.88. The Hall–Kier alpha value is -2.58. The minimum Gasteiger partial charge on any atom is -0.478 e. The van der Waals surface area contributed by atoms with Gasteiger partial charge < -0.3 is 5.11 Å². The van der Waals surface area contributed by atoms with E-state index in [2.05, 4.69) is 26.9 Å².